The number of amides is 1. The van der Waals surface area contributed by atoms with E-state index in [-0.39, 0.29) is 17.0 Å². The minimum Gasteiger partial charge on any atom is -0.368 e. The topological polar surface area (TPSA) is 119 Å². The molecule has 34 heavy (non-hydrogen) atoms. The maximum absolute atomic E-state index is 14.9. The summed E-state index contributed by atoms with van der Waals surface area (Å²) in [6.45, 7) is 0.856. The lowest BCUT2D eigenvalue weighted by Crippen LogP contribution is -2.48. The summed E-state index contributed by atoms with van der Waals surface area (Å²) in [4.78, 5) is 15.4. The summed E-state index contributed by atoms with van der Waals surface area (Å²) in [5.74, 6) is -2.14. The van der Waals surface area contributed by atoms with Gasteiger partial charge in [-0.3, -0.25) is 4.79 Å². The van der Waals surface area contributed by atoms with Crippen molar-refractivity contribution in [2.75, 3.05) is 0 Å². The van der Waals surface area contributed by atoms with Gasteiger partial charge < -0.3 is 10.3 Å². The van der Waals surface area contributed by atoms with Crippen LogP contribution < -0.4 is 5.73 Å². The second-order valence-electron chi connectivity index (χ2n) is 7.31. The van der Waals surface area contributed by atoms with Crippen LogP contribution >= 0.6 is 0 Å². The number of nitrogens with two attached hydrogens (primary N) is 1. The van der Waals surface area contributed by atoms with Crippen LogP contribution in [0.1, 0.15) is 24.0 Å². The van der Waals surface area contributed by atoms with Crippen LogP contribution in [-0.4, -0.2) is 41.0 Å². The molecule has 0 radical (unpaired) electrons. The van der Waals surface area contributed by atoms with Crippen LogP contribution in [0.25, 0.3) is 11.4 Å². The Kier molecular flexibility index (Phi) is 7.23. The summed E-state index contributed by atoms with van der Waals surface area (Å²) in [6.07, 6.45) is -6.07. The normalized spacial score (nSPS) is 13.0. The van der Waals surface area contributed by atoms with Crippen molar-refractivity contribution in [1.82, 2.24) is 14.4 Å². The highest BCUT2D eigenvalue weighted by atomic mass is 32.2. The fourth-order valence-electron chi connectivity index (χ4n) is 3.09. The molecule has 0 bridgehead atoms. The number of halogens is 4. The summed E-state index contributed by atoms with van der Waals surface area (Å²) < 4.78 is 85.1. The summed E-state index contributed by atoms with van der Waals surface area (Å²) in [5, 5.41) is 3.57. The zero-order chi connectivity index (χ0) is 25.1. The fraction of sp³-hybridized carbons (Fsp3) is 0.286. The smallest absolute Gasteiger partial charge is 0.368 e. The van der Waals surface area contributed by atoms with Crippen molar-refractivity contribution in [2.45, 2.75) is 43.4 Å². The quantitative estimate of drug-likeness (QED) is 0.453. The van der Waals surface area contributed by atoms with E-state index >= 15 is 0 Å². The molecule has 0 aliphatic heterocycles. The molecule has 0 spiro atoms. The highest BCUT2D eigenvalue weighted by Crippen LogP contribution is 2.29. The number of sulfonamides is 1. The van der Waals surface area contributed by atoms with Gasteiger partial charge in [0, 0.05) is 24.1 Å². The zero-order valence-corrected chi connectivity index (χ0v) is 18.5. The van der Waals surface area contributed by atoms with E-state index in [1.54, 1.807) is 6.92 Å². The first-order valence-corrected chi connectivity index (χ1v) is 11.2. The minimum atomic E-state index is -4.68. The van der Waals surface area contributed by atoms with Crippen molar-refractivity contribution >= 4 is 15.9 Å². The number of carbonyl (C=O) groups excluding carboxylic acids is 1. The lowest BCUT2D eigenvalue weighted by molar-refractivity contribution is -0.140. The number of aryl methyl sites for hydroxylation is 1. The van der Waals surface area contributed by atoms with E-state index in [1.165, 1.54) is 18.2 Å². The second kappa shape index (κ2) is 9.78. The Morgan fingerprint density at radius 1 is 1.24 bits per heavy atom. The Morgan fingerprint density at radius 2 is 1.97 bits per heavy atom. The van der Waals surface area contributed by atoms with Crippen molar-refractivity contribution in [2.24, 2.45) is 5.73 Å². The van der Waals surface area contributed by atoms with Crippen molar-refractivity contribution in [3.63, 3.8) is 0 Å². The van der Waals surface area contributed by atoms with E-state index in [9.17, 15) is 30.8 Å². The van der Waals surface area contributed by atoms with Crippen LogP contribution in [0, 0.1) is 24.9 Å². The van der Waals surface area contributed by atoms with Crippen LogP contribution in [0.3, 0.4) is 0 Å². The zero-order valence-electron chi connectivity index (χ0n) is 17.6. The molecule has 2 N–H and O–H groups in total. The molecular formula is C21H18F4N4O4S. The standard InChI is InChI=1S/C21H18F4N4O4S/c1-13-2-6-16(7-3-13)34(31,32)29(18(19(26)30)8-9-21(23,24)25)11-15-5-4-14(10-17(15)22)20-27-12-33-28-20/h2,4-6,10,12,18H,8-9,11H2,1H3,(H2,26,30). The number of nitrogens with zero attached hydrogens (tertiary/aromatic N) is 3. The van der Waals surface area contributed by atoms with Gasteiger partial charge in [0.05, 0.1) is 0 Å². The number of aromatic nitrogens is 2. The van der Waals surface area contributed by atoms with Gasteiger partial charge in [0.25, 0.3) is 10.0 Å². The molecule has 3 aromatic rings. The first-order valence-electron chi connectivity index (χ1n) is 9.72. The molecule has 13 heteroatoms. The molecule has 2 aromatic carbocycles. The average Bonchev–Trinajstić information content (AvgIpc) is 3.28. The molecule has 8 nitrogen and oxygen atoms in total. The molecule has 1 aromatic heterocycles. The van der Waals surface area contributed by atoms with Gasteiger partial charge in [-0.2, -0.15) is 22.5 Å². The molecule has 0 saturated heterocycles. The van der Waals surface area contributed by atoms with Crippen molar-refractivity contribution in [3.8, 4) is 11.4 Å². The van der Waals surface area contributed by atoms with E-state index in [0.29, 0.717) is 9.87 Å². The van der Waals surface area contributed by atoms with Crippen LogP contribution in [0.4, 0.5) is 17.6 Å². The Morgan fingerprint density at radius 3 is 2.50 bits per heavy atom. The maximum atomic E-state index is 14.9. The Labute approximate surface area is 192 Å². The first-order chi connectivity index (χ1) is 15.9. The SMILES string of the molecule is Cc1c#cc(S(=O)(=O)N(Cc2ccc(-c3ncon3)cc2F)C(CCC(F)(F)F)C(N)=O)cc1. The van der Waals surface area contributed by atoms with Crippen molar-refractivity contribution in [1.29, 1.82) is 0 Å². The number of rotatable bonds is 9. The van der Waals surface area contributed by atoms with Gasteiger partial charge in [0.15, 0.2) is 0 Å². The third kappa shape index (κ3) is 5.89. The van der Waals surface area contributed by atoms with Gasteiger partial charge in [-0.05, 0) is 43.2 Å². The van der Waals surface area contributed by atoms with Crippen LogP contribution in [0.2, 0.25) is 0 Å². The van der Waals surface area contributed by atoms with Crippen LogP contribution in [0.15, 0.2) is 46.1 Å². The monoisotopic (exact) mass is 498 g/mol. The van der Waals surface area contributed by atoms with Gasteiger partial charge >= 0.3 is 6.18 Å². The molecule has 0 aliphatic carbocycles. The molecule has 0 aliphatic rings. The van der Waals surface area contributed by atoms with Gasteiger partial charge in [-0.25, -0.2) is 12.8 Å². The third-order valence-corrected chi connectivity index (χ3v) is 6.63. The fourth-order valence-corrected chi connectivity index (χ4v) is 4.62. The molecule has 1 atom stereocenters. The third-order valence-electron chi connectivity index (χ3n) is 4.83. The van der Waals surface area contributed by atoms with Gasteiger partial charge in [0.1, 0.15) is 16.8 Å². The molecular weight excluding hydrogens is 480 g/mol. The number of benzene rings is 1. The average molecular weight is 498 g/mol. The largest absolute Gasteiger partial charge is 0.389 e. The van der Waals surface area contributed by atoms with Crippen LogP contribution in [0.5, 0.6) is 0 Å². The van der Waals surface area contributed by atoms with Crippen LogP contribution in [-0.2, 0) is 21.4 Å². The number of alkyl halides is 3. The highest BCUT2D eigenvalue weighted by molar-refractivity contribution is 7.89. The molecule has 1 amide bonds. The molecule has 1 unspecified atom stereocenters. The van der Waals surface area contributed by atoms with Crippen molar-refractivity contribution in [3.05, 3.63) is 65.8 Å². The van der Waals surface area contributed by atoms with Crippen molar-refractivity contribution < 1.29 is 35.3 Å². The minimum absolute atomic E-state index is 0.0694. The predicted octanol–water partition coefficient (Wildman–Crippen LogP) is 3.17. The number of hydrogen-bond acceptors (Lipinski definition) is 6. The number of primary amides is 1. The summed E-state index contributed by atoms with van der Waals surface area (Å²) in [7, 11) is -4.63. The number of carbonyl (C=O) groups is 1. The lowest BCUT2D eigenvalue weighted by atomic mass is 10.1. The van der Waals surface area contributed by atoms with Gasteiger partial charge in [0.2, 0.25) is 18.1 Å². The van der Waals surface area contributed by atoms with E-state index in [0.717, 1.165) is 18.5 Å². The van der Waals surface area contributed by atoms with Gasteiger partial charge in [-0.1, -0.05) is 23.4 Å². The number of hydrogen-bond donors (Lipinski definition) is 1. The Bertz CT molecular complexity index is 1250. The van der Waals surface area contributed by atoms with Gasteiger partial charge in [-0.15, -0.1) is 0 Å². The summed E-state index contributed by atoms with van der Waals surface area (Å²) in [6, 6.07) is 9.20. The van der Waals surface area contributed by atoms with E-state index < -0.39 is 58.2 Å². The molecule has 0 saturated carbocycles. The summed E-state index contributed by atoms with van der Waals surface area (Å²) in [5.41, 5.74) is 5.85. The highest BCUT2D eigenvalue weighted by Gasteiger charge is 2.38. The second-order valence-corrected chi connectivity index (χ2v) is 9.17. The Hall–Kier alpha value is -3.50. The summed E-state index contributed by atoms with van der Waals surface area (Å²) >= 11 is 0. The predicted molar refractivity (Wildman–Crippen MR) is 110 cm³/mol. The Balaban J connectivity index is 2.03. The molecule has 3 rings (SSSR count). The molecule has 0 fully saturated rings. The van der Waals surface area contributed by atoms with E-state index in [2.05, 4.69) is 26.8 Å². The first kappa shape index (κ1) is 25.1. The lowest BCUT2D eigenvalue weighted by Gasteiger charge is -2.29. The molecule has 180 valence electrons. The van der Waals surface area contributed by atoms with E-state index in [1.807, 2.05) is 0 Å². The molecule has 1 heterocycles. The van der Waals surface area contributed by atoms with E-state index in [4.69, 9.17) is 5.73 Å². The maximum Gasteiger partial charge on any atom is 0.389 e.